The SMILES string of the molecule is CNCc1cc(C(F)(F)F)cc(C(F)(F)F)c1.CSc1ncc(C(=O)N(C)Cc2cc(C(F)(F)F)cc(C(F)(F)F)c2)c(-c2ccccc2F)n1. The Bertz CT molecular complexity index is 1770. The first-order valence-corrected chi connectivity index (χ1v) is 15.3. The summed E-state index contributed by atoms with van der Waals surface area (Å²) >= 11 is 1.14. The van der Waals surface area contributed by atoms with Crippen molar-refractivity contribution in [1.82, 2.24) is 20.2 Å². The third-order valence-corrected chi connectivity index (χ3v) is 7.31. The van der Waals surface area contributed by atoms with Crippen LogP contribution in [0.25, 0.3) is 11.3 Å². The fraction of sp³-hybridized carbons (Fsp3) is 0.281. The second-order valence-corrected chi connectivity index (χ2v) is 11.4. The molecule has 0 bridgehead atoms. The Morgan fingerprint density at radius 2 is 1.20 bits per heavy atom. The summed E-state index contributed by atoms with van der Waals surface area (Å²) in [5.41, 5.74) is -6.22. The van der Waals surface area contributed by atoms with Crippen LogP contribution in [0.15, 0.2) is 72.0 Å². The number of benzene rings is 3. The van der Waals surface area contributed by atoms with Crippen molar-refractivity contribution < 1.29 is 61.9 Å². The number of nitrogens with zero attached hydrogens (tertiary/aromatic N) is 3. The van der Waals surface area contributed by atoms with Crippen LogP contribution < -0.4 is 5.32 Å². The van der Waals surface area contributed by atoms with E-state index in [9.17, 15) is 61.9 Å². The van der Waals surface area contributed by atoms with Crippen LogP contribution in [0, 0.1) is 5.82 Å². The minimum absolute atomic E-state index is 0.00428. The molecule has 4 aromatic rings. The lowest BCUT2D eigenvalue weighted by molar-refractivity contribution is -0.144. The first kappa shape index (κ1) is 41.0. The summed E-state index contributed by atoms with van der Waals surface area (Å²) in [4.78, 5) is 22.2. The van der Waals surface area contributed by atoms with Crippen LogP contribution in [0.2, 0.25) is 0 Å². The van der Waals surface area contributed by atoms with E-state index in [1.807, 2.05) is 0 Å². The van der Waals surface area contributed by atoms with E-state index in [1.165, 1.54) is 32.3 Å². The molecular weight excluding hydrogens is 735 g/mol. The summed E-state index contributed by atoms with van der Waals surface area (Å²) in [5, 5.41) is 2.75. The number of carbonyl (C=O) groups is 1. The summed E-state index contributed by atoms with van der Waals surface area (Å²) in [6, 6.07) is 8.13. The highest BCUT2D eigenvalue weighted by molar-refractivity contribution is 7.98. The van der Waals surface area contributed by atoms with Crippen molar-refractivity contribution in [1.29, 1.82) is 0 Å². The van der Waals surface area contributed by atoms with Gasteiger partial charge in [0, 0.05) is 31.9 Å². The largest absolute Gasteiger partial charge is 0.416 e. The second kappa shape index (κ2) is 15.9. The van der Waals surface area contributed by atoms with Crippen LogP contribution in [-0.4, -0.2) is 41.1 Å². The first-order valence-electron chi connectivity index (χ1n) is 14.1. The zero-order valence-corrected chi connectivity index (χ0v) is 27.2. The van der Waals surface area contributed by atoms with Gasteiger partial charge in [0.1, 0.15) is 5.82 Å². The van der Waals surface area contributed by atoms with E-state index in [0.717, 1.165) is 28.9 Å². The molecule has 51 heavy (non-hydrogen) atoms. The minimum Gasteiger partial charge on any atom is -0.337 e. The van der Waals surface area contributed by atoms with Crippen LogP contribution >= 0.6 is 11.8 Å². The maximum absolute atomic E-state index is 14.4. The van der Waals surface area contributed by atoms with Crippen molar-refractivity contribution in [2.24, 2.45) is 0 Å². The van der Waals surface area contributed by atoms with Gasteiger partial charge in [-0.05, 0) is 73.0 Å². The summed E-state index contributed by atoms with van der Waals surface area (Å²) in [7, 11) is 2.64. The van der Waals surface area contributed by atoms with E-state index in [1.54, 1.807) is 6.26 Å². The van der Waals surface area contributed by atoms with Crippen molar-refractivity contribution in [3.8, 4) is 11.3 Å². The molecule has 1 N–H and O–H groups in total. The zero-order chi connectivity index (χ0) is 38.5. The molecule has 1 amide bonds. The molecule has 5 nitrogen and oxygen atoms in total. The molecular formula is C32H25F13N4OS. The fourth-order valence-corrected chi connectivity index (χ4v) is 4.81. The molecule has 0 radical (unpaired) electrons. The van der Waals surface area contributed by atoms with Gasteiger partial charge < -0.3 is 10.2 Å². The summed E-state index contributed by atoms with van der Waals surface area (Å²) in [6.45, 7) is -0.639. The maximum atomic E-state index is 14.4. The van der Waals surface area contributed by atoms with Crippen molar-refractivity contribution in [2.45, 2.75) is 43.0 Å². The number of hydrogen-bond donors (Lipinski definition) is 1. The number of thioether (sulfide) groups is 1. The highest BCUT2D eigenvalue weighted by Gasteiger charge is 2.38. The molecule has 0 aliphatic carbocycles. The molecule has 0 saturated heterocycles. The molecule has 0 spiro atoms. The zero-order valence-electron chi connectivity index (χ0n) is 26.3. The van der Waals surface area contributed by atoms with Gasteiger partial charge in [0.2, 0.25) is 0 Å². The monoisotopic (exact) mass is 760 g/mol. The number of halogens is 13. The van der Waals surface area contributed by atoms with Gasteiger partial charge >= 0.3 is 24.7 Å². The van der Waals surface area contributed by atoms with E-state index >= 15 is 0 Å². The van der Waals surface area contributed by atoms with Gasteiger partial charge in [-0.25, -0.2) is 14.4 Å². The Balaban J connectivity index is 0.000000347. The number of nitrogens with one attached hydrogen (secondary N) is 1. The summed E-state index contributed by atoms with van der Waals surface area (Å²) in [6.07, 6.45) is -16.8. The standard InChI is InChI=1S/C22H16F7N3OS.C10H9F6N/c1-32(11-12-7-13(21(24,25)26)9-14(8-12)22(27,28)29)19(33)16-10-30-20(34-2)31-18(16)15-5-3-4-6-17(15)23;1-17-5-6-2-7(9(11,12)13)4-8(3-6)10(14,15)16/h3-10H,11H2,1-2H3;2-4,17H,5H2,1H3. The number of hydrogen-bond acceptors (Lipinski definition) is 5. The summed E-state index contributed by atoms with van der Waals surface area (Å²) < 4.78 is 168. The van der Waals surface area contributed by atoms with Crippen LogP contribution in [-0.2, 0) is 37.8 Å². The van der Waals surface area contributed by atoms with Gasteiger partial charge in [0.25, 0.3) is 5.91 Å². The van der Waals surface area contributed by atoms with E-state index in [2.05, 4.69) is 15.3 Å². The lowest BCUT2D eigenvalue weighted by atomic mass is 10.0. The van der Waals surface area contributed by atoms with Crippen LogP contribution in [0.1, 0.15) is 43.7 Å². The number of carbonyl (C=O) groups excluding carboxylic acids is 1. The lowest BCUT2D eigenvalue weighted by Gasteiger charge is -2.21. The molecule has 19 heteroatoms. The Morgan fingerprint density at radius 1 is 0.745 bits per heavy atom. The van der Waals surface area contributed by atoms with Gasteiger partial charge in [0.15, 0.2) is 5.16 Å². The van der Waals surface area contributed by atoms with Crippen molar-refractivity contribution in [3.05, 3.63) is 112 Å². The number of alkyl halides is 12. The lowest BCUT2D eigenvalue weighted by Crippen LogP contribution is -2.27. The van der Waals surface area contributed by atoms with Gasteiger partial charge in [-0.1, -0.05) is 23.9 Å². The summed E-state index contributed by atoms with van der Waals surface area (Å²) in [5.74, 6) is -1.48. The molecule has 0 aliphatic rings. The van der Waals surface area contributed by atoms with Gasteiger partial charge in [-0.3, -0.25) is 4.79 Å². The smallest absolute Gasteiger partial charge is 0.337 e. The van der Waals surface area contributed by atoms with Gasteiger partial charge in [-0.15, -0.1) is 0 Å². The average molecular weight is 761 g/mol. The topological polar surface area (TPSA) is 58.1 Å². The number of aromatic nitrogens is 2. The van der Waals surface area contributed by atoms with E-state index in [-0.39, 0.29) is 51.8 Å². The van der Waals surface area contributed by atoms with E-state index < -0.39 is 65.2 Å². The third kappa shape index (κ3) is 11.0. The van der Waals surface area contributed by atoms with Crippen molar-refractivity contribution >= 4 is 17.7 Å². The predicted molar refractivity (Wildman–Crippen MR) is 161 cm³/mol. The second-order valence-electron chi connectivity index (χ2n) is 10.6. The number of rotatable bonds is 7. The molecule has 1 aromatic heterocycles. The Labute approximate surface area is 285 Å². The average Bonchev–Trinajstić information content (AvgIpc) is 3.03. The highest BCUT2D eigenvalue weighted by Crippen LogP contribution is 2.38. The maximum Gasteiger partial charge on any atom is 0.416 e. The van der Waals surface area contributed by atoms with Crippen LogP contribution in [0.3, 0.4) is 0 Å². The molecule has 0 unspecified atom stereocenters. The molecule has 276 valence electrons. The third-order valence-electron chi connectivity index (χ3n) is 6.75. The normalized spacial score (nSPS) is 12.3. The van der Waals surface area contributed by atoms with Gasteiger partial charge in [-0.2, -0.15) is 52.7 Å². The number of amides is 1. The minimum atomic E-state index is -5.02. The molecule has 0 atom stereocenters. The predicted octanol–water partition coefficient (Wildman–Crippen LogP) is 9.76. The van der Waals surface area contributed by atoms with Crippen LogP contribution in [0.5, 0.6) is 0 Å². The Kier molecular flexibility index (Phi) is 12.8. The molecule has 3 aromatic carbocycles. The van der Waals surface area contributed by atoms with Crippen LogP contribution in [0.4, 0.5) is 57.1 Å². The first-order chi connectivity index (χ1) is 23.4. The Morgan fingerprint density at radius 3 is 1.61 bits per heavy atom. The van der Waals surface area contributed by atoms with Gasteiger partial charge in [0.05, 0.1) is 33.5 Å². The quantitative estimate of drug-likeness (QED) is 0.116. The Hall–Kier alpha value is -4.39. The van der Waals surface area contributed by atoms with E-state index in [0.29, 0.717) is 24.3 Å². The molecule has 1 heterocycles. The fourth-order valence-electron chi connectivity index (χ4n) is 4.47. The van der Waals surface area contributed by atoms with Crippen molar-refractivity contribution in [3.63, 3.8) is 0 Å². The molecule has 0 saturated carbocycles. The highest BCUT2D eigenvalue weighted by atomic mass is 32.2. The molecule has 0 fully saturated rings. The molecule has 4 rings (SSSR count). The van der Waals surface area contributed by atoms with E-state index in [4.69, 9.17) is 0 Å². The van der Waals surface area contributed by atoms with Crippen molar-refractivity contribution in [2.75, 3.05) is 20.4 Å². The molecule has 0 aliphatic heterocycles.